The van der Waals surface area contributed by atoms with E-state index >= 15 is 0 Å². The largest absolute Gasteiger partial charge is 0.497 e. The Morgan fingerprint density at radius 2 is 1.64 bits per heavy atom. The summed E-state index contributed by atoms with van der Waals surface area (Å²) in [6.45, 7) is 0. The van der Waals surface area contributed by atoms with Gasteiger partial charge in [-0.2, -0.15) is 5.10 Å². The van der Waals surface area contributed by atoms with Gasteiger partial charge in [0.15, 0.2) is 5.69 Å². The lowest BCUT2D eigenvalue weighted by Crippen LogP contribution is -2.28. The average Bonchev–Trinajstić information content (AvgIpc) is 2.85. The second kappa shape index (κ2) is 9.35. The third-order valence-electron chi connectivity index (χ3n) is 5.05. The van der Waals surface area contributed by atoms with Crippen molar-refractivity contribution in [1.82, 2.24) is 9.78 Å². The Morgan fingerprint density at radius 3 is 2.36 bits per heavy atom. The molecule has 0 aliphatic rings. The molecular formula is C25H21N3O5. The van der Waals surface area contributed by atoms with Crippen LogP contribution in [-0.2, 0) is 16.6 Å². The number of amides is 1. The van der Waals surface area contributed by atoms with E-state index in [1.807, 2.05) is 0 Å². The minimum Gasteiger partial charge on any atom is -0.497 e. The first-order valence-corrected chi connectivity index (χ1v) is 10.1. The number of rotatable bonds is 6. The van der Waals surface area contributed by atoms with E-state index in [4.69, 9.17) is 9.47 Å². The topological polar surface area (TPSA) is 99.5 Å². The van der Waals surface area contributed by atoms with Crippen molar-refractivity contribution < 1.29 is 19.1 Å². The van der Waals surface area contributed by atoms with E-state index < -0.39 is 18.0 Å². The minimum atomic E-state index is -1.25. The summed E-state index contributed by atoms with van der Waals surface area (Å²) in [5.41, 5.74) is 0.586. The molecule has 8 heteroatoms. The highest BCUT2D eigenvalue weighted by atomic mass is 16.5. The number of nitrogens with one attached hydrogen (secondary N) is 1. The van der Waals surface area contributed by atoms with Gasteiger partial charge in [-0.05, 0) is 18.2 Å². The summed E-state index contributed by atoms with van der Waals surface area (Å²) in [7, 11) is 2.98. The normalized spacial score (nSPS) is 11.6. The molecule has 1 heterocycles. The Morgan fingerprint density at radius 1 is 0.939 bits per heavy atom. The van der Waals surface area contributed by atoms with E-state index in [0.29, 0.717) is 27.8 Å². The summed E-state index contributed by atoms with van der Waals surface area (Å²) in [5.74, 6) is -0.796. The van der Waals surface area contributed by atoms with Gasteiger partial charge in [-0.25, -0.2) is 9.48 Å². The number of hydrogen-bond acceptors (Lipinski definition) is 6. The zero-order valence-corrected chi connectivity index (χ0v) is 18.0. The first kappa shape index (κ1) is 21.8. The van der Waals surface area contributed by atoms with Crippen LogP contribution in [0.2, 0.25) is 0 Å². The first-order chi connectivity index (χ1) is 16.0. The van der Waals surface area contributed by atoms with Gasteiger partial charge >= 0.3 is 5.97 Å². The van der Waals surface area contributed by atoms with Crippen molar-refractivity contribution >= 4 is 28.3 Å². The monoisotopic (exact) mass is 443 g/mol. The van der Waals surface area contributed by atoms with Gasteiger partial charge in [-0.3, -0.25) is 9.59 Å². The Labute approximate surface area is 189 Å². The summed E-state index contributed by atoms with van der Waals surface area (Å²) < 4.78 is 11.9. The molecule has 0 spiro atoms. The number of carbonyl (C=O) groups is 2. The maximum Gasteiger partial charge on any atom is 0.360 e. The molecule has 4 aromatic rings. The maximum atomic E-state index is 13.2. The van der Waals surface area contributed by atoms with Crippen molar-refractivity contribution in [3.05, 3.63) is 100 Å². The van der Waals surface area contributed by atoms with Crippen molar-refractivity contribution in [2.75, 3.05) is 12.4 Å². The van der Waals surface area contributed by atoms with Crippen LogP contribution in [0, 0.1) is 0 Å². The number of ether oxygens (including phenoxy) is 2. The van der Waals surface area contributed by atoms with Gasteiger partial charge in [-0.15, -0.1) is 0 Å². The number of nitrogens with zero attached hydrogens (tertiary/aromatic N) is 2. The summed E-state index contributed by atoms with van der Waals surface area (Å²) in [6, 6.07) is 22.1. The Kier molecular flexibility index (Phi) is 6.17. The van der Waals surface area contributed by atoms with Crippen LogP contribution in [0.25, 0.3) is 10.8 Å². The molecule has 0 bridgehead atoms. The number of hydrogen-bond donors (Lipinski definition) is 1. The Balaban J connectivity index is 1.69. The van der Waals surface area contributed by atoms with E-state index in [2.05, 4.69) is 10.4 Å². The number of methoxy groups -OCH3 is 1. The number of aryl methyl sites for hydroxylation is 1. The van der Waals surface area contributed by atoms with Crippen LogP contribution in [0.15, 0.2) is 83.7 Å². The van der Waals surface area contributed by atoms with Gasteiger partial charge in [0.1, 0.15) is 5.75 Å². The molecule has 0 aliphatic carbocycles. The molecule has 1 aromatic heterocycles. The molecule has 1 atom stereocenters. The molecule has 166 valence electrons. The SMILES string of the molecule is COc1cccc(NC(=O)C(OC(=O)c2nn(C)c(=O)c3ccccc23)c2ccccc2)c1. The number of aromatic nitrogens is 2. The molecule has 4 rings (SSSR count). The van der Waals surface area contributed by atoms with Crippen molar-refractivity contribution in [2.24, 2.45) is 7.05 Å². The highest BCUT2D eigenvalue weighted by molar-refractivity contribution is 6.04. The van der Waals surface area contributed by atoms with Crippen LogP contribution in [0.3, 0.4) is 0 Å². The lowest BCUT2D eigenvalue weighted by atomic mass is 10.1. The van der Waals surface area contributed by atoms with Crippen LogP contribution < -0.4 is 15.6 Å². The molecule has 1 unspecified atom stereocenters. The van der Waals surface area contributed by atoms with E-state index in [0.717, 1.165) is 4.68 Å². The Hall–Kier alpha value is -4.46. The van der Waals surface area contributed by atoms with Gasteiger partial charge < -0.3 is 14.8 Å². The molecular weight excluding hydrogens is 422 g/mol. The van der Waals surface area contributed by atoms with E-state index in [1.54, 1.807) is 78.9 Å². The molecule has 0 saturated heterocycles. The van der Waals surface area contributed by atoms with Crippen LogP contribution in [0.5, 0.6) is 5.75 Å². The van der Waals surface area contributed by atoms with Gasteiger partial charge in [0.05, 0.1) is 12.5 Å². The van der Waals surface area contributed by atoms with Crippen molar-refractivity contribution in [3.8, 4) is 5.75 Å². The number of anilines is 1. The molecule has 1 amide bonds. The van der Waals surface area contributed by atoms with Gasteiger partial charge in [0.2, 0.25) is 6.10 Å². The highest BCUT2D eigenvalue weighted by Gasteiger charge is 2.28. The molecule has 8 nitrogen and oxygen atoms in total. The molecule has 3 aromatic carbocycles. The van der Waals surface area contributed by atoms with Crippen molar-refractivity contribution in [1.29, 1.82) is 0 Å². The second-order valence-corrected chi connectivity index (χ2v) is 7.24. The van der Waals surface area contributed by atoms with Crippen LogP contribution >= 0.6 is 0 Å². The van der Waals surface area contributed by atoms with Crippen LogP contribution in [0.4, 0.5) is 5.69 Å². The molecule has 33 heavy (non-hydrogen) atoms. The molecule has 0 aliphatic heterocycles. The highest BCUT2D eigenvalue weighted by Crippen LogP contribution is 2.24. The number of fused-ring (bicyclic) bond motifs is 1. The predicted octanol–water partition coefficient (Wildman–Crippen LogP) is 3.48. The lowest BCUT2D eigenvalue weighted by molar-refractivity contribution is -0.125. The maximum absolute atomic E-state index is 13.2. The molecule has 0 fully saturated rings. The fraction of sp³-hybridized carbons (Fsp3) is 0.120. The minimum absolute atomic E-state index is 0.0530. The smallest absolute Gasteiger partial charge is 0.360 e. The third-order valence-corrected chi connectivity index (χ3v) is 5.05. The standard InChI is InChI=1S/C25H21N3O5/c1-28-24(30)20-14-7-6-13-19(20)21(27-28)25(31)33-22(16-9-4-3-5-10-16)23(29)26-17-11-8-12-18(15-17)32-2/h3-15,22H,1-2H3,(H,26,29). The summed E-state index contributed by atoms with van der Waals surface area (Å²) >= 11 is 0. The molecule has 1 N–H and O–H groups in total. The second-order valence-electron chi connectivity index (χ2n) is 7.24. The van der Waals surface area contributed by atoms with Gasteiger partial charge in [-0.1, -0.05) is 54.6 Å². The number of esters is 1. The van der Waals surface area contributed by atoms with Gasteiger partial charge in [0, 0.05) is 29.8 Å². The molecule has 0 radical (unpaired) electrons. The fourth-order valence-corrected chi connectivity index (χ4v) is 3.42. The lowest BCUT2D eigenvalue weighted by Gasteiger charge is -2.18. The molecule has 0 saturated carbocycles. The average molecular weight is 443 g/mol. The quantitative estimate of drug-likeness (QED) is 0.458. The summed E-state index contributed by atoms with van der Waals surface area (Å²) in [6.07, 6.45) is -1.25. The van der Waals surface area contributed by atoms with E-state index in [1.165, 1.54) is 14.2 Å². The summed E-state index contributed by atoms with van der Waals surface area (Å²) in [4.78, 5) is 38.7. The Bertz CT molecular complexity index is 1380. The number of benzene rings is 3. The summed E-state index contributed by atoms with van der Waals surface area (Å²) in [5, 5.41) is 7.54. The van der Waals surface area contributed by atoms with Crippen LogP contribution in [0.1, 0.15) is 22.2 Å². The first-order valence-electron chi connectivity index (χ1n) is 10.1. The number of carbonyl (C=O) groups excluding carboxylic acids is 2. The van der Waals surface area contributed by atoms with Gasteiger partial charge in [0.25, 0.3) is 11.5 Å². The van der Waals surface area contributed by atoms with E-state index in [9.17, 15) is 14.4 Å². The van der Waals surface area contributed by atoms with Crippen molar-refractivity contribution in [3.63, 3.8) is 0 Å². The predicted molar refractivity (Wildman–Crippen MR) is 123 cm³/mol. The third kappa shape index (κ3) is 4.59. The van der Waals surface area contributed by atoms with Crippen molar-refractivity contribution in [2.45, 2.75) is 6.10 Å². The van der Waals surface area contributed by atoms with E-state index in [-0.39, 0.29) is 11.3 Å². The fourth-order valence-electron chi connectivity index (χ4n) is 3.42. The zero-order valence-electron chi connectivity index (χ0n) is 18.0. The zero-order chi connectivity index (χ0) is 23.4. The van der Waals surface area contributed by atoms with Crippen LogP contribution in [-0.4, -0.2) is 28.8 Å².